The topological polar surface area (TPSA) is 61.8 Å². The predicted molar refractivity (Wildman–Crippen MR) is 69.2 cm³/mol. The van der Waals surface area contributed by atoms with E-state index in [9.17, 15) is 9.59 Å². The number of hydrogen-bond donors (Lipinski definition) is 0. The molecule has 0 aliphatic carbocycles. The molecular weight excluding hydrogens is 272 g/mol. The lowest BCUT2D eigenvalue weighted by Gasteiger charge is -2.10. The van der Waals surface area contributed by atoms with Gasteiger partial charge in [0.15, 0.2) is 0 Å². The average molecular weight is 287 g/mol. The summed E-state index contributed by atoms with van der Waals surface area (Å²) in [4.78, 5) is 22.8. The van der Waals surface area contributed by atoms with Gasteiger partial charge in [-0.1, -0.05) is 17.7 Å². The number of carbonyl (C=O) groups is 2. The van der Waals surface area contributed by atoms with Crippen molar-refractivity contribution in [3.05, 3.63) is 34.3 Å². The highest BCUT2D eigenvalue weighted by atomic mass is 35.5. The Morgan fingerprint density at radius 1 is 1.11 bits per heavy atom. The minimum absolute atomic E-state index is 0.0792. The number of halogens is 1. The van der Waals surface area contributed by atoms with Crippen LogP contribution in [-0.4, -0.2) is 25.3 Å². The van der Waals surface area contributed by atoms with Gasteiger partial charge >= 0.3 is 12.1 Å². The second-order valence-corrected chi connectivity index (χ2v) is 3.93. The maximum atomic E-state index is 11.7. The third kappa shape index (κ3) is 4.79. The molecule has 0 unspecified atom stereocenters. The minimum Gasteiger partial charge on any atom is -0.462 e. The summed E-state index contributed by atoms with van der Waals surface area (Å²) in [5.41, 5.74) is 0.787. The maximum Gasteiger partial charge on any atom is 0.508 e. The molecule has 19 heavy (non-hydrogen) atoms. The molecule has 0 aromatic heterocycles. The fraction of sp³-hybridized carbons (Fsp3) is 0.385. The van der Waals surface area contributed by atoms with E-state index < -0.39 is 12.1 Å². The third-order valence-corrected chi connectivity index (χ3v) is 2.41. The molecule has 6 heteroatoms. The van der Waals surface area contributed by atoms with E-state index >= 15 is 0 Å². The maximum absolute atomic E-state index is 11.7. The van der Waals surface area contributed by atoms with E-state index in [4.69, 9.17) is 21.1 Å². The van der Waals surface area contributed by atoms with E-state index in [1.807, 2.05) is 0 Å². The van der Waals surface area contributed by atoms with Crippen molar-refractivity contribution < 1.29 is 23.8 Å². The first kappa shape index (κ1) is 15.3. The summed E-state index contributed by atoms with van der Waals surface area (Å²) >= 11 is 5.83. The molecule has 0 saturated carbocycles. The average Bonchev–Trinajstić information content (AvgIpc) is 2.38. The molecule has 0 heterocycles. The predicted octanol–water partition coefficient (Wildman–Crippen LogP) is 3.19. The second kappa shape index (κ2) is 7.63. The van der Waals surface area contributed by atoms with Crippen LogP contribution in [0.25, 0.3) is 0 Å². The van der Waals surface area contributed by atoms with Crippen molar-refractivity contribution in [1.29, 1.82) is 0 Å². The Kier molecular flexibility index (Phi) is 6.15. The Labute approximate surface area is 116 Å². The number of carbonyl (C=O) groups excluding carboxylic acids is 2. The van der Waals surface area contributed by atoms with Crippen molar-refractivity contribution in [2.45, 2.75) is 20.5 Å². The Morgan fingerprint density at radius 2 is 1.79 bits per heavy atom. The van der Waals surface area contributed by atoms with Crippen LogP contribution in [0.3, 0.4) is 0 Å². The molecule has 0 aliphatic rings. The van der Waals surface area contributed by atoms with Gasteiger partial charge in [-0.15, -0.1) is 0 Å². The summed E-state index contributed by atoms with van der Waals surface area (Å²) in [6.45, 7) is 3.78. The summed E-state index contributed by atoms with van der Waals surface area (Å²) in [5.74, 6) is -0.507. The zero-order valence-corrected chi connectivity index (χ0v) is 11.5. The molecule has 0 fully saturated rings. The Balaban J connectivity index is 2.82. The highest BCUT2D eigenvalue weighted by Gasteiger charge is 2.15. The van der Waals surface area contributed by atoms with Gasteiger partial charge < -0.3 is 14.2 Å². The lowest BCUT2D eigenvalue weighted by atomic mass is 10.1. The number of esters is 1. The SMILES string of the molecule is CCOC(=O)OCc1ccc(Cl)cc1C(=O)OCC. The molecule has 5 nitrogen and oxygen atoms in total. The van der Waals surface area contributed by atoms with E-state index in [0.717, 1.165) is 0 Å². The first-order valence-electron chi connectivity index (χ1n) is 5.83. The zero-order valence-electron chi connectivity index (χ0n) is 10.8. The molecule has 0 atom stereocenters. The summed E-state index contributed by atoms with van der Waals surface area (Å²) in [6.07, 6.45) is -0.785. The molecule has 0 amide bonds. The number of rotatable bonds is 5. The van der Waals surface area contributed by atoms with E-state index in [1.54, 1.807) is 26.0 Å². The number of hydrogen-bond acceptors (Lipinski definition) is 5. The lowest BCUT2D eigenvalue weighted by Crippen LogP contribution is -2.12. The van der Waals surface area contributed by atoms with Crippen LogP contribution in [0.1, 0.15) is 29.8 Å². The smallest absolute Gasteiger partial charge is 0.462 e. The van der Waals surface area contributed by atoms with Gasteiger partial charge in [-0.25, -0.2) is 9.59 Å². The Morgan fingerprint density at radius 3 is 2.42 bits per heavy atom. The van der Waals surface area contributed by atoms with Crippen molar-refractivity contribution in [2.75, 3.05) is 13.2 Å². The molecule has 0 aliphatic heterocycles. The third-order valence-electron chi connectivity index (χ3n) is 2.17. The van der Waals surface area contributed by atoms with Crippen LogP contribution in [0.15, 0.2) is 18.2 Å². The fourth-order valence-corrected chi connectivity index (χ4v) is 1.54. The minimum atomic E-state index is -0.785. The van der Waals surface area contributed by atoms with Crippen molar-refractivity contribution in [1.82, 2.24) is 0 Å². The summed E-state index contributed by atoms with van der Waals surface area (Å²) in [5, 5.41) is 0.405. The van der Waals surface area contributed by atoms with E-state index in [1.165, 1.54) is 6.07 Å². The van der Waals surface area contributed by atoms with Gasteiger partial charge in [0, 0.05) is 10.6 Å². The molecule has 0 N–H and O–H groups in total. The van der Waals surface area contributed by atoms with Gasteiger partial charge in [-0.3, -0.25) is 0 Å². The van der Waals surface area contributed by atoms with E-state index in [2.05, 4.69) is 4.74 Å². The van der Waals surface area contributed by atoms with Gasteiger partial charge in [-0.2, -0.15) is 0 Å². The highest BCUT2D eigenvalue weighted by molar-refractivity contribution is 6.31. The molecule has 1 aromatic rings. The molecule has 0 saturated heterocycles. The van der Waals surface area contributed by atoms with Crippen LogP contribution in [-0.2, 0) is 20.8 Å². The van der Waals surface area contributed by atoms with Crippen LogP contribution in [0.4, 0.5) is 4.79 Å². The van der Waals surface area contributed by atoms with E-state index in [-0.39, 0.29) is 25.4 Å². The molecule has 0 bridgehead atoms. The normalized spacial score (nSPS) is 9.84. The molecular formula is C13H15ClO5. The van der Waals surface area contributed by atoms with Crippen LogP contribution < -0.4 is 0 Å². The van der Waals surface area contributed by atoms with Gasteiger partial charge in [0.1, 0.15) is 6.61 Å². The summed E-state index contributed by atoms with van der Waals surface area (Å²) in [7, 11) is 0. The van der Waals surface area contributed by atoms with Gasteiger partial charge in [-0.05, 0) is 26.0 Å². The largest absolute Gasteiger partial charge is 0.508 e. The van der Waals surface area contributed by atoms with Gasteiger partial charge in [0.05, 0.1) is 18.8 Å². The van der Waals surface area contributed by atoms with Crippen LogP contribution in [0.2, 0.25) is 5.02 Å². The van der Waals surface area contributed by atoms with Gasteiger partial charge in [0.2, 0.25) is 0 Å². The molecule has 1 rings (SSSR count). The lowest BCUT2D eigenvalue weighted by molar-refractivity contribution is 0.0478. The van der Waals surface area contributed by atoms with Crippen LogP contribution in [0.5, 0.6) is 0 Å². The standard InChI is InChI=1S/C13H15ClO5/c1-3-17-12(15)11-7-10(14)6-5-9(11)8-19-13(16)18-4-2/h5-7H,3-4,8H2,1-2H3. The number of ether oxygens (including phenoxy) is 3. The van der Waals surface area contributed by atoms with Crippen LogP contribution >= 0.6 is 11.6 Å². The molecule has 1 aromatic carbocycles. The monoisotopic (exact) mass is 286 g/mol. The Bertz CT molecular complexity index is 458. The zero-order chi connectivity index (χ0) is 14.3. The fourth-order valence-electron chi connectivity index (χ4n) is 1.37. The van der Waals surface area contributed by atoms with Crippen molar-refractivity contribution in [3.63, 3.8) is 0 Å². The second-order valence-electron chi connectivity index (χ2n) is 3.49. The molecule has 0 radical (unpaired) electrons. The van der Waals surface area contributed by atoms with E-state index in [0.29, 0.717) is 10.6 Å². The molecule has 0 spiro atoms. The molecule has 104 valence electrons. The highest BCUT2D eigenvalue weighted by Crippen LogP contribution is 2.18. The number of benzene rings is 1. The summed E-state index contributed by atoms with van der Waals surface area (Å²) < 4.78 is 14.4. The van der Waals surface area contributed by atoms with Gasteiger partial charge in [0.25, 0.3) is 0 Å². The first-order chi connectivity index (χ1) is 9.08. The Hall–Kier alpha value is -1.75. The van der Waals surface area contributed by atoms with Crippen molar-refractivity contribution in [3.8, 4) is 0 Å². The summed E-state index contributed by atoms with van der Waals surface area (Å²) in [6, 6.07) is 4.69. The van der Waals surface area contributed by atoms with Crippen molar-refractivity contribution >= 4 is 23.7 Å². The van der Waals surface area contributed by atoms with Crippen LogP contribution in [0, 0.1) is 0 Å². The quantitative estimate of drug-likeness (QED) is 0.778. The first-order valence-corrected chi connectivity index (χ1v) is 6.21. The van der Waals surface area contributed by atoms with Crippen molar-refractivity contribution in [2.24, 2.45) is 0 Å².